The van der Waals surface area contributed by atoms with Gasteiger partial charge in [-0.3, -0.25) is 4.79 Å². The summed E-state index contributed by atoms with van der Waals surface area (Å²) >= 11 is 0. The molecule has 0 spiro atoms. The zero-order chi connectivity index (χ0) is 13.1. The highest BCUT2D eigenvalue weighted by Gasteiger charge is 2.24. The topological polar surface area (TPSA) is 66.5 Å². The van der Waals surface area contributed by atoms with Crippen LogP contribution in [0.1, 0.15) is 33.1 Å². The molecule has 0 unspecified atom stereocenters. The number of nitrogens with one attached hydrogen (secondary N) is 1. The van der Waals surface area contributed by atoms with E-state index in [1.54, 1.807) is 0 Å². The smallest absolute Gasteiger partial charge is 0.221 e. The minimum Gasteiger partial charge on any atom is -0.353 e. The Morgan fingerprint density at radius 1 is 1.41 bits per heavy atom. The third kappa shape index (κ3) is 6.02. The number of nitrogens with zero attached hydrogens (tertiary/aromatic N) is 1. The number of carbonyl (C=O) groups is 1. The molecule has 1 amide bonds. The Kier molecular flexibility index (Phi) is 4.94. The van der Waals surface area contributed by atoms with Crippen LogP contribution >= 0.6 is 0 Å². The normalized spacial score (nSPS) is 16.5. The van der Waals surface area contributed by atoms with E-state index < -0.39 is 10.0 Å². The Morgan fingerprint density at radius 3 is 2.41 bits per heavy atom. The van der Waals surface area contributed by atoms with Crippen molar-refractivity contribution in [1.82, 2.24) is 9.62 Å². The van der Waals surface area contributed by atoms with Crippen LogP contribution in [0.3, 0.4) is 0 Å². The highest BCUT2D eigenvalue weighted by Crippen LogP contribution is 2.18. The molecule has 0 aromatic carbocycles. The van der Waals surface area contributed by atoms with Crippen molar-refractivity contribution in [3.63, 3.8) is 0 Å². The minimum atomic E-state index is -3.22. The Bertz CT molecular complexity index is 361. The lowest BCUT2D eigenvalue weighted by molar-refractivity contribution is -0.121. The predicted molar refractivity (Wildman–Crippen MR) is 67.0 cm³/mol. The molecule has 0 aromatic heterocycles. The Balaban J connectivity index is 2.39. The number of carbonyl (C=O) groups excluding carboxylic acids is 1. The van der Waals surface area contributed by atoms with E-state index >= 15 is 0 Å². The third-order valence-corrected chi connectivity index (χ3v) is 3.84. The molecule has 5 nitrogen and oxygen atoms in total. The van der Waals surface area contributed by atoms with E-state index in [1.807, 2.05) is 13.8 Å². The van der Waals surface area contributed by atoms with Crippen LogP contribution < -0.4 is 5.32 Å². The fourth-order valence-corrected chi connectivity index (χ4v) is 2.55. The van der Waals surface area contributed by atoms with Gasteiger partial charge in [0, 0.05) is 25.6 Å². The quantitative estimate of drug-likeness (QED) is 0.729. The summed E-state index contributed by atoms with van der Waals surface area (Å²) in [6.07, 6.45) is 3.53. The van der Waals surface area contributed by atoms with Gasteiger partial charge in [0.2, 0.25) is 15.9 Å². The Labute approximate surface area is 104 Å². The van der Waals surface area contributed by atoms with Crippen molar-refractivity contribution >= 4 is 15.9 Å². The van der Waals surface area contributed by atoms with Crippen LogP contribution in [0.2, 0.25) is 0 Å². The second-order valence-electron chi connectivity index (χ2n) is 5.11. The summed E-state index contributed by atoms with van der Waals surface area (Å²) in [6, 6.07) is 0.333. The van der Waals surface area contributed by atoms with E-state index in [9.17, 15) is 13.2 Å². The molecular formula is C11H22N2O3S. The molecule has 0 atom stereocenters. The van der Waals surface area contributed by atoms with Crippen LogP contribution in [0.4, 0.5) is 0 Å². The average Bonchev–Trinajstić information content (AvgIpc) is 2.93. The summed E-state index contributed by atoms with van der Waals surface area (Å²) in [5, 5.41) is 2.85. The number of sulfonamides is 1. The monoisotopic (exact) mass is 262 g/mol. The van der Waals surface area contributed by atoms with E-state index in [0.29, 0.717) is 12.6 Å². The third-order valence-electron chi connectivity index (χ3n) is 2.57. The van der Waals surface area contributed by atoms with Crippen LogP contribution in [0.5, 0.6) is 0 Å². The molecule has 0 saturated heterocycles. The first kappa shape index (κ1) is 14.4. The highest BCUT2D eigenvalue weighted by atomic mass is 32.2. The van der Waals surface area contributed by atoms with Crippen molar-refractivity contribution in [2.75, 3.05) is 19.3 Å². The van der Waals surface area contributed by atoms with Gasteiger partial charge >= 0.3 is 0 Å². The van der Waals surface area contributed by atoms with Gasteiger partial charge in [-0.25, -0.2) is 12.7 Å². The lowest BCUT2D eigenvalue weighted by Crippen LogP contribution is -2.37. The maximum atomic E-state index is 11.5. The van der Waals surface area contributed by atoms with Gasteiger partial charge in [0.15, 0.2) is 0 Å². The van der Waals surface area contributed by atoms with E-state index in [2.05, 4.69) is 5.32 Å². The van der Waals surface area contributed by atoms with Gasteiger partial charge in [-0.2, -0.15) is 0 Å². The van der Waals surface area contributed by atoms with E-state index in [0.717, 1.165) is 12.8 Å². The van der Waals surface area contributed by atoms with E-state index in [4.69, 9.17) is 0 Å². The van der Waals surface area contributed by atoms with Gasteiger partial charge in [-0.05, 0) is 18.8 Å². The van der Waals surface area contributed by atoms with Crippen molar-refractivity contribution in [3.8, 4) is 0 Å². The lowest BCUT2D eigenvalue weighted by Gasteiger charge is -2.21. The summed E-state index contributed by atoms with van der Waals surface area (Å²) in [5.74, 6) is 0.209. The zero-order valence-corrected chi connectivity index (χ0v) is 11.6. The maximum absolute atomic E-state index is 11.5. The molecule has 1 aliphatic carbocycles. The van der Waals surface area contributed by atoms with Gasteiger partial charge in [0.25, 0.3) is 0 Å². The number of amides is 1. The molecule has 17 heavy (non-hydrogen) atoms. The molecule has 0 radical (unpaired) electrons. The standard InChI is InChI=1S/C11H22N2O3S/c1-9(2)8-13(17(3,15)16)7-6-11(14)12-10-4-5-10/h9-10H,4-8H2,1-3H3,(H,12,14). The number of hydrogen-bond donors (Lipinski definition) is 1. The highest BCUT2D eigenvalue weighted by molar-refractivity contribution is 7.88. The summed E-state index contributed by atoms with van der Waals surface area (Å²) in [7, 11) is -3.22. The molecule has 1 N–H and O–H groups in total. The van der Waals surface area contributed by atoms with Gasteiger partial charge < -0.3 is 5.32 Å². The number of hydrogen-bond acceptors (Lipinski definition) is 3. The van der Waals surface area contributed by atoms with Crippen LogP contribution in [-0.4, -0.2) is 44.0 Å². The summed E-state index contributed by atoms with van der Waals surface area (Å²) in [6.45, 7) is 4.66. The largest absolute Gasteiger partial charge is 0.353 e. The molecule has 1 aliphatic rings. The predicted octanol–water partition coefficient (Wildman–Crippen LogP) is 0.573. The summed E-state index contributed by atoms with van der Waals surface area (Å²) < 4.78 is 24.4. The lowest BCUT2D eigenvalue weighted by atomic mass is 10.2. The SMILES string of the molecule is CC(C)CN(CCC(=O)NC1CC1)S(C)(=O)=O. The minimum absolute atomic E-state index is 0.0510. The molecular weight excluding hydrogens is 240 g/mol. The van der Waals surface area contributed by atoms with Gasteiger partial charge in [0.05, 0.1) is 6.26 Å². The molecule has 1 rings (SSSR count). The van der Waals surface area contributed by atoms with Crippen molar-refractivity contribution in [2.24, 2.45) is 5.92 Å². The fraction of sp³-hybridized carbons (Fsp3) is 0.909. The van der Waals surface area contributed by atoms with Crippen LogP contribution in [0.25, 0.3) is 0 Å². The van der Waals surface area contributed by atoms with Crippen LogP contribution in [0, 0.1) is 5.92 Å². The second kappa shape index (κ2) is 5.82. The fourth-order valence-electron chi connectivity index (χ4n) is 1.55. The van der Waals surface area contributed by atoms with Crippen LogP contribution in [0.15, 0.2) is 0 Å². The van der Waals surface area contributed by atoms with E-state index in [-0.39, 0.29) is 24.8 Å². The van der Waals surface area contributed by atoms with Gasteiger partial charge in [0.1, 0.15) is 0 Å². The summed E-state index contributed by atoms with van der Waals surface area (Å²) in [4.78, 5) is 11.5. The zero-order valence-electron chi connectivity index (χ0n) is 10.8. The van der Waals surface area contributed by atoms with Crippen molar-refractivity contribution in [3.05, 3.63) is 0 Å². The molecule has 0 heterocycles. The van der Waals surface area contributed by atoms with Crippen LogP contribution in [-0.2, 0) is 14.8 Å². The molecule has 0 bridgehead atoms. The first-order valence-electron chi connectivity index (χ1n) is 6.03. The first-order chi connectivity index (χ1) is 7.79. The maximum Gasteiger partial charge on any atom is 0.221 e. The summed E-state index contributed by atoms with van der Waals surface area (Å²) in [5.41, 5.74) is 0. The Hall–Kier alpha value is -0.620. The van der Waals surface area contributed by atoms with Gasteiger partial charge in [-0.1, -0.05) is 13.8 Å². The molecule has 0 aromatic rings. The number of rotatable bonds is 7. The molecule has 100 valence electrons. The Morgan fingerprint density at radius 2 is 2.00 bits per heavy atom. The van der Waals surface area contributed by atoms with E-state index in [1.165, 1.54) is 10.6 Å². The molecule has 6 heteroatoms. The van der Waals surface area contributed by atoms with Crippen molar-refractivity contribution in [1.29, 1.82) is 0 Å². The molecule has 1 fully saturated rings. The van der Waals surface area contributed by atoms with Crippen molar-refractivity contribution in [2.45, 2.75) is 39.2 Å². The second-order valence-corrected chi connectivity index (χ2v) is 7.09. The molecule has 1 saturated carbocycles. The average molecular weight is 262 g/mol. The van der Waals surface area contributed by atoms with Crippen molar-refractivity contribution < 1.29 is 13.2 Å². The first-order valence-corrected chi connectivity index (χ1v) is 7.88. The molecule has 0 aliphatic heterocycles. The van der Waals surface area contributed by atoms with Gasteiger partial charge in [-0.15, -0.1) is 0 Å².